The number of halogens is 2. The number of esters is 2. The summed E-state index contributed by atoms with van der Waals surface area (Å²) >= 11 is 6.72. The molecule has 0 bridgehead atoms. The highest BCUT2D eigenvalue weighted by molar-refractivity contribution is 9.10. The zero-order chi connectivity index (χ0) is 20.8. The lowest BCUT2D eigenvalue weighted by atomic mass is 9.74. The molecule has 2 rings (SSSR count). The lowest BCUT2D eigenvalue weighted by molar-refractivity contribution is -0.160. The molecule has 2 aromatic rings. The molecular weight excluding hydrogens is 492 g/mol. The van der Waals surface area contributed by atoms with Gasteiger partial charge in [0.05, 0.1) is 14.2 Å². The van der Waals surface area contributed by atoms with Gasteiger partial charge in [-0.1, -0.05) is 63.0 Å². The molecule has 0 saturated heterocycles. The van der Waals surface area contributed by atoms with Crippen molar-refractivity contribution in [1.29, 1.82) is 0 Å². The van der Waals surface area contributed by atoms with E-state index in [2.05, 4.69) is 31.9 Å². The van der Waals surface area contributed by atoms with Crippen LogP contribution in [0.2, 0.25) is 0 Å². The van der Waals surface area contributed by atoms with E-state index in [0.717, 1.165) is 8.95 Å². The van der Waals surface area contributed by atoms with Crippen LogP contribution in [-0.4, -0.2) is 31.9 Å². The van der Waals surface area contributed by atoms with Crippen molar-refractivity contribution in [2.75, 3.05) is 14.2 Å². The number of hydrogen-bond donors (Lipinski definition) is 0. The van der Waals surface area contributed by atoms with Gasteiger partial charge in [0.1, 0.15) is 0 Å². The second-order valence-corrected chi connectivity index (χ2v) is 8.09. The van der Waals surface area contributed by atoms with Gasteiger partial charge in [0.25, 0.3) is 0 Å². The Morgan fingerprint density at radius 3 is 1.64 bits per heavy atom. The van der Waals surface area contributed by atoms with Crippen LogP contribution in [0.25, 0.3) is 0 Å². The number of rotatable bonds is 7. The Kier molecular flexibility index (Phi) is 7.95. The number of carbonyl (C=O) groups excluding carboxylic acids is 3. The van der Waals surface area contributed by atoms with Gasteiger partial charge in [-0.25, -0.2) is 0 Å². The van der Waals surface area contributed by atoms with E-state index in [4.69, 9.17) is 9.47 Å². The van der Waals surface area contributed by atoms with E-state index in [9.17, 15) is 14.4 Å². The Bertz CT molecular complexity index is 830. The van der Waals surface area contributed by atoms with Crippen LogP contribution in [0.15, 0.2) is 57.5 Å². The van der Waals surface area contributed by atoms with E-state index in [0.29, 0.717) is 11.1 Å². The van der Waals surface area contributed by atoms with E-state index >= 15 is 0 Å². The topological polar surface area (TPSA) is 69.7 Å². The van der Waals surface area contributed by atoms with Crippen molar-refractivity contribution >= 4 is 49.6 Å². The second-order valence-electron chi connectivity index (χ2n) is 6.26. The fourth-order valence-electron chi connectivity index (χ4n) is 3.14. The minimum atomic E-state index is -1.26. The molecule has 0 N–H and O–H groups in total. The first-order chi connectivity index (χ1) is 13.3. The van der Waals surface area contributed by atoms with Crippen LogP contribution in [0.3, 0.4) is 0 Å². The highest BCUT2D eigenvalue weighted by Crippen LogP contribution is 2.36. The number of methoxy groups -OCH3 is 2. The molecule has 0 aromatic heterocycles. The summed E-state index contributed by atoms with van der Waals surface area (Å²) in [7, 11) is 2.41. The Balaban J connectivity index is 2.53. The summed E-state index contributed by atoms with van der Waals surface area (Å²) in [6.07, 6.45) is 0. The maximum absolute atomic E-state index is 13.1. The molecule has 0 aliphatic rings. The summed E-state index contributed by atoms with van der Waals surface area (Å²) in [6, 6.07) is 14.1. The third-order valence-electron chi connectivity index (χ3n) is 4.61. The maximum Gasteiger partial charge on any atom is 0.320 e. The van der Waals surface area contributed by atoms with Crippen LogP contribution in [-0.2, 0) is 19.1 Å². The number of ketones is 1. The first kappa shape index (κ1) is 22.3. The molecular formula is C21H20Br2O5. The molecule has 0 amide bonds. The molecule has 0 spiro atoms. The SMILES string of the molecule is COC(=O)C(C(=O)OC)[C@@H](c1ccc(Br)cc1)[C@H](C)C(=O)c1ccc(Br)cc1. The smallest absolute Gasteiger partial charge is 0.320 e. The molecule has 0 unspecified atom stereocenters. The van der Waals surface area contributed by atoms with Gasteiger partial charge in [0.15, 0.2) is 11.7 Å². The van der Waals surface area contributed by atoms with Crippen LogP contribution in [0.1, 0.15) is 28.8 Å². The molecule has 2 aromatic carbocycles. The zero-order valence-electron chi connectivity index (χ0n) is 15.6. The molecule has 28 heavy (non-hydrogen) atoms. The minimum absolute atomic E-state index is 0.182. The Labute approximate surface area is 180 Å². The quantitative estimate of drug-likeness (QED) is 0.304. The predicted octanol–water partition coefficient (Wildman–Crippen LogP) is 4.78. The van der Waals surface area contributed by atoms with E-state index < -0.39 is 29.7 Å². The van der Waals surface area contributed by atoms with Crippen LogP contribution in [0.5, 0.6) is 0 Å². The van der Waals surface area contributed by atoms with Crippen LogP contribution in [0, 0.1) is 11.8 Å². The summed E-state index contributed by atoms with van der Waals surface area (Å²) in [6.45, 7) is 1.70. The molecule has 0 radical (unpaired) electrons. The average Bonchev–Trinajstić information content (AvgIpc) is 2.71. The van der Waals surface area contributed by atoms with Gasteiger partial charge in [0.2, 0.25) is 0 Å². The summed E-state index contributed by atoms with van der Waals surface area (Å²) < 4.78 is 11.4. The molecule has 0 aliphatic carbocycles. The Morgan fingerprint density at radius 2 is 1.21 bits per heavy atom. The number of hydrogen-bond acceptors (Lipinski definition) is 5. The largest absolute Gasteiger partial charge is 0.468 e. The summed E-state index contributed by atoms with van der Waals surface area (Å²) in [5.41, 5.74) is 1.16. The molecule has 148 valence electrons. The minimum Gasteiger partial charge on any atom is -0.468 e. The van der Waals surface area contributed by atoms with Crippen LogP contribution >= 0.6 is 31.9 Å². The fourth-order valence-corrected chi connectivity index (χ4v) is 3.67. The summed E-state index contributed by atoms with van der Waals surface area (Å²) in [4.78, 5) is 38.0. The molecule has 0 fully saturated rings. The van der Waals surface area contributed by atoms with Gasteiger partial charge in [0, 0.05) is 26.3 Å². The number of Topliss-reactive ketones (excluding diaryl/α,β-unsaturated/α-hetero) is 1. The molecule has 7 heteroatoms. The Morgan fingerprint density at radius 1 is 0.786 bits per heavy atom. The van der Waals surface area contributed by atoms with Gasteiger partial charge < -0.3 is 9.47 Å². The van der Waals surface area contributed by atoms with Crippen molar-refractivity contribution in [2.45, 2.75) is 12.8 Å². The molecule has 0 saturated carbocycles. The molecule has 0 aliphatic heterocycles. The lowest BCUT2D eigenvalue weighted by Gasteiger charge is -2.28. The normalized spacial score (nSPS) is 12.9. The predicted molar refractivity (Wildman–Crippen MR) is 112 cm³/mol. The van der Waals surface area contributed by atoms with E-state index in [1.807, 2.05) is 0 Å². The van der Waals surface area contributed by atoms with Gasteiger partial charge >= 0.3 is 11.9 Å². The van der Waals surface area contributed by atoms with E-state index in [1.54, 1.807) is 55.5 Å². The number of carbonyl (C=O) groups is 3. The summed E-state index contributed by atoms with van der Waals surface area (Å²) in [5.74, 6) is -4.34. The monoisotopic (exact) mass is 510 g/mol. The van der Waals surface area contributed by atoms with Gasteiger partial charge in [-0.05, 0) is 29.8 Å². The third kappa shape index (κ3) is 5.08. The molecule has 5 nitrogen and oxygen atoms in total. The van der Waals surface area contributed by atoms with Gasteiger partial charge in [-0.2, -0.15) is 0 Å². The molecule has 2 atom stereocenters. The first-order valence-electron chi connectivity index (χ1n) is 8.51. The number of ether oxygens (including phenoxy) is 2. The van der Waals surface area contributed by atoms with Crippen molar-refractivity contribution in [3.05, 3.63) is 68.6 Å². The first-order valence-corrected chi connectivity index (χ1v) is 10.1. The number of benzene rings is 2. The van der Waals surface area contributed by atoms with Crippen molar-refractivity contribution in [2.24, 2.45) is 11.8 Å². The third-order valence-corrected chi connectivity index (χ3v) is 5.66. The lowest BCUT2D eigenvalue weighted by Crippen LogP contribution is -2.37. The summed E-state index contributed by atoms with van der Waals surface area (Å²) in [5, 5.41) is 0. The van der Waals surface area contributed by atoms with Gasteiger partial charge in [-0.3, -0.25) is 14.4 Å². The fraction of sp³-hybridized carbons (Fsp3) is 0.286. The van der Waals surface area contributed by atoms with Crippen molar-refractivity contribution in [3.63, 3.8) is 0 Å². The molecule has 0 heterocycles. The van der Waals surface area contributed by atoms with Crippen molar-refractivity contribution in [3.8, 4) is 0 Å². The zero-order valence-corrected chi connectivity index (χ0v) is 18.8. The van der Waals surface area contributed by atoms with Crippen molar-refractivity contribution in [1.82, 2.24) is 0 Å². The van der Waals surface area contributed by atoms with Gasteiger partial charge in [-0.15, -0.1) is 0 Å². The second kappa shape index (κ2) is 9.98. The Hall–Kier alpha value is -1.99. The maximum atomic E-state index is 13.1. The highest BCUT2D eigenvalue weighted by Gasteiger charge is 2.43. The van der Waals surface area contributed by atoms with E-state index in [-0.39, 0.29) is 5.78 Å². The van der Waals surface area contributed by atoms with Crippen LogP contribution in [0.4, 0.5) is 0 Å². The standard InChI is InChI=1S/C21H20Br2O5/c1-12(19(24)14-6-10-16(23)11-7-14)17(13-4-8-15(22)9-5-13)18(20(25)27-2)21(26)28-3/h4-12,17-18H,1-3H3/t12-,17+/m0/s1. The van der Waals surface area contributed by atoms with Crippen molar-refractivity contribution < 1.29 is 23.9 Å². The average molecular weight is 512 g/mol. The van der Waals surface area contributed by atoms with E-state index in [1.165, 1.54) is 14.2 Å². The van der Waals surface area contributed by atoms with Crippen LogP contribution < -0.4 is 0 Å². The highest BCUT2D eigenvalue weighted by atomic mass is 79.9.